The van der Waals surface area contributed by atoms with E-state index < -0.39 is 29.4 Å². The van der Waals surface area contributed by atoms with E-state index in [9.17, 15) is 27.9 Å². The number of aliphatic hydroxyl groups is 1. The van der Waals surface area contributed by atoms with E-state index in [1.165, 1.54) is 14.0 Å². The quantitative estimate of drug-likeness (QED) is 0.827. The predicted molar refractivity (Wildman–Crippen MR) is 78.5 cm³/mol. The molecule has 0 bridgehead atoms. The summed E-state index contributed by atoms with van der Waals surface area (Å²) in [4.78, 5) is 24.3. The van der Waals surface area contributed by atoms with Crippen LogP contribution in [0.15, 0.2) is 24.3 Å². The van der Waals surface area contributed by atoms with E-state index in [0.29, 0.717) is 0 Å². The summed E-state index contributed by atoms with van der Waals surface area (Å²) in [7, 11) is 1.37. The van der Waals surface area contributed by atoms with Gasteiger partial charge in [0.15, 0.2) is 0 Å². The zero-order valence-electron chi connectivity index (χ0n) is 13.4. The summed E-state index contributed by atoms with van der Waals surface area (Å²) in [5.41, 5.74) is -4.27. The van der Waals surface area contributed by atoms with Crippen LogP contribution in [0.4, 0.5) is 23.7 Å². The van der Waals surface area contributed by atoms with E-state index in [-0.39, 0.29) is 18.9 Å². The lowest BCUT2D eigenvalue weighted by Crippen LogP contribution is -2.50. The Kier molecular flexibility index (Phi) is 6.19. The molecule has 1 rings (SSSR count). The molecule has 1 aromatic rings. The number of halogens is 3. The van der Waals surface area contributed by atoms with Crippen LogP contribution in [0.1, 0.15) is 19.4 Å². The van der Waals surface area contributed by atoms with E-state index in [4.69, 9.17) is 4.74 Å². The first-order chi connectivity index (χ1) is 11.1. The van der Waals surface area contributed by atoms with Crippen molar-refractivity contribution in [2.75, 3.05) is 25.2 Å². The summed E-state index contributed by atoms with van der Waals surface area (Å²) in [6.07, 6.45) is -5.96. The van der Waals surface area contributed by atoms with Gasteiger partial charge in [-0.2, -0.15) is 13.2 Å². The molecule has 134 valence electrons. The summed E-state index contributed by atoms with van der Waals surface area (Å²) < 4.78 is 48.8. The fourth-order valence-electron chi connectivity index (χ4n) is 1.88. The molecule has 0 aliphatic rings. The van der Waals surface area contributed by atoms with E-state index >= 15 is 0 Å². The Labute approximate surface area is 136 Å². The number of amides is 1. The van der Waals surface area contributed by atoms with Crippen LogP contribution in [0, 0.1) is 0 Å². The largest absolute Gasteiger partial charge is 0.463 e. The molecule has 0 saturated heterocycles. The molecule has 6 nitrogen and oxygen atoms in total. The molecule has 0 spiro atoms. The number of hydrogen-bond acceptors (Lipinski definition) is 5. The van der Waals surface area contributed by atoms with Crippen molar-refractivity contribution in [3.63, 3.8) is 0 Å². The molecular weight excluding hydrogens is 331 g/mol. The fraction of sp³-hybridized carbons (Fsp3) is 0.467. The van der Waals surface area contributed by atoms with Gasteiger partial charge in [-0.05, 0) is 26.0 Å². The number of anilines is 1. The van der Waals surface area contributed by atoms with Crippen molar-refractivity contribution in [3.05, 3.63) is 29.8 Å². The van der Waals surface area contributed by atoms with E-state index in [1.807, 2.05) is 0 Å². The number of alkyl halides is 3. The van der Waals surface area contributed by atoms with Gasteiger partial charge in [0.05, 0.1) is 13.2 Å². The van der Waals surface area contributed by atoms with Gasteiger partial charge in [0, 0.05) is 18.3 Å². The molecule has 0 fully saturated rings. The first-order valence-corrected chi connectivity index (χ1v) is 7.06. The maximum absolute atomic E-state index is 13.2. The molecule has 0 unspecified atom stereocenters. The summed E-state index contributed by atoms with van der Waals surface area (Å²) >= 11 is 0. The van der Waals surface area contributed by atoms with Crippen LogP contribution in [-0.4, -0.2) is 43.6 Å². The van der Waals surface area contributed by atoms with Crippen molar-refractivity contribution in [1.29, 1.82) is 0 Å². The highest BCUT2D eigenvalue weighted by Gasteiger charge is 2.62. The maximum Gasteiger partial charge on any atom is 0.432 e. The Morgan fingerprint density at radius 3 is 2.00 bits per heavy atom. The molecule has 1 atom stereocenters. The normalized spacial score (nSPS) is 13.8. The van der Waals surface area contributed by atoms with Gasteiger partial charge < -0.3 is 14.6 Å². The second kappa shape index (κ2) is 7.52. The zero-order chi connectivity index (χ0) is 18.5. The van der Waals surface area contributed by atoms with Gasteiger partial charge in [0.2, 0.25) is 0 Å². The Morgan fingerprint density at radius 2 is 1.58 bits per heavy atom. The van der Waals surface area contributed by atoms with Crippen LogP contribution in [0.5, 0.6) is 0 Å². The highest BCUT2D eigenvalue weighted by molar-refractivity contribution is 5.87. The fourth-order valence-corrected chi connectivity index (χ4v) is 1.88. The summed E-state index contributed by atoms with van der Waals surface area (Å²) in [5.74, 6) is -1.82. The standard InChI is InChI=1S/C15H18F3NO5/c1-4-23-12(20)14(22,15(16,17)18)10-6-8-11(9-7-10)19(3)13(21)24-5-2/h6-9,22H,4-5H2,1-3H3/t14-/m0/s1. The second-order valence-electron chi connectivity index (χ2n) is 4.73. The van der Waals surface area contributed by atoms with Gasteiger partial charge in [0.25, 0.3) is 5.60 Å². The van der Waals surface area contributed by atoms with Crippen LogP contribution in [-0.2, 0) is 19.9 Å². The van der Waals surface area contributed by atoms with E-state index in [0.717, 1.165) is 29.2 Å². The number of nitrogens with zero attached hydrogens (tertiary/aromatic N) is 1. The Hall–Kier alpha value is -2.29. The van der Waals surface area contributed by atoms with Crippen LogP contribution in [0.25, 0.3) is 0 Å². The topological polar surface area (TPSA) is 76.1 Å². The van der Waals surface area contributed by atoms with Crippen LogP contribution >= 0.6 is 0 Å². The first-order valence-electron chi connectivity index (χ1n) is 7.06. The van der Waals surface area contributed by atoms with Crippen molar-refractivity contribution in [1.82, 2.24) is 0 Å². The molecule has 24 heavy (non-hydrogen) atoms. The highest BCUT2D eigenvalue weighted by atomic mass is 19.4. The molecule has 0 aliphatic carbocycles. The van der Waals surface area contributed by atoms with Gasteiger partial charge in [-0.15, -0.1) is 0 Å². The SMILES string of the molecule is CCOC(=O)N(C)c1ccc([C@](O)(C(=O)OCC)C(F)(F)F)cc1. The van der Waals surface area contributed by atoms with Crippen LogP contribution in [0.2, 0.25) is 0 Å². The lowest BCUT2D eigenvalue weighted by molar-refractivity contribution is -0.267. The molecular formula is C15H18F3NO5. The number of benzene rings is 1. The number of ether oxygens (including phenoxy) is 2. The number of carbonyl (C=O) groups excluding carboxylic acids is 2. The molecule has 1 N–H and O–H groups in total. The summed E-state index contributed by atoms with van der Waals surface area (Å²) in [5, 5.41) is 9.94. The monoisotopic (exact) mass is 349 g/mol. The van der Waals surface area contributed by atoms with Gasteiger partial charge in [-0.1, -0.05) is 12.1 Å². The third-order valence-electron chi connectivity index (χ3n) is 3.20. The number of esters is 1. The summed E-state index contributed by atoms with van der Waals surface area (Å²) in [6.45, 7) is 2.75. The average molecular weight is 349 g/mol. The zero-order valence-corrected chi connectivity index (χ0v) is 13.4. The van der Waals surface area contributed by atoms with Crippen molar-refractivity contribution < 1.29 is 37.3 Å². The smallest absolute Gasteiger partial charge is 0.432 e. The number of hydrogen-bond donors (Lipinski definition) is 1. The van der Waals surface area contributed by atoms with Gasteiger partial charge in [-0.3, -0.25) is 4.90 Å². The molecule has 0 aromatic heterocycles. The molecule has 1 amide bonds. The maximum atomic E-state index is 13.2. The lowest BCUT2D eigenvalue weighted by atomic mass is 9.93. The third kappa shape index (κ3) is 3.78. The van der Waals surface area contributed by atoms with Crippen LogP contribution < -0.4 is 4.90 Å². The Morgan fingerprint density at radius 1 is 1.08 bits per heavy atom. The van der Waals surface area contributed by atoms with Crippen molar-refractivity contribution >= 4 is 17.7 Å². The minimum atomic E-state index is -5.27. The lowest BCUT2D eigenvalue weighted by Gasteiger charge is -2.28. The van der Waals surface area contributed by atoms with Crippen molar-refractivity contribution in [3.8, 4) is 0 Å². The van der Waals surface area contributed by atoms with Crippen molar-refractivity contribution in [2.45, 2.75) is 25.6 Å². The van der Waals surface area contributed by atoms with Crippen LogP contribution in [0.3, 0.4) is 0 Å². The average Bonchev–Trinajstić information content (AvgIpc) is 2.52. The molecule has 0 saturated carbocycles. The second-order valence-corrected chi connectivity index (χ2v) is 4.73. The van der Waals surface area contributed by atoms with E-state index in [2.05, 4.69) is 4.74 Å². The number of carbonyl (C=O) groups is 2. The molecule has 9 heteroatoms. The molecule has 0 heterocycles. The van der Waals surface area contributed by atoms with Gasteiger partial charge in [-0.25, -0.2) is 9.59 Å². The number of rotatable bonds is 5. The van der Waals surface area contributed by atoms with E-state index in [1.54, 1.807) is 6.92 Å². The Balaban J connectivity index is 3.20. The molecule has 1 aromatic carbocycles. The van der Waals surface area contributed by atoms with Gasteiger partial charge >= 0.3 is 18.2 Å². The van der Waals surface area contributed by atoms with Gasteiger partial charge in [0.1, 0.15) is 0 Å². The molecule has 0 aliphatic heterocycles. The predicted octanol–water partition coefficient (Wildman–Crippen LogP) is 2.59. The Bertz CT molecular complexity index is 588. The first kappa shape index (κ1) is 19.8. The minimum Gasteiger partial charge on any atom is -0.463 e. The summed E-state index contributed by atoms with van der Waals surface area (Å²) in [6, 6.07) is 4.11. The van der Waals surface area contributed by atoms with Crippen molar-refractivity contribution in [2.24, 2.45) is 0 Å². The minimum absolute atomic E-state index is 0.137. The molecule has 0 radical (unpaired) electrons. The highest BCUT2D eigenvalue weighted by Crippen LogP contribution is 2.40. The third-order valence-corrected chi connectivity index (χ3v) is 3.20.